The van der Waals surface area contributed by atoms with Crippen molar-refractivity contribution >= 4 is 34.8 Å². The van der Waals surface area contributed by atoms with Crippen molar-refractivity contribution in [1.82, 2.24) is 4.98 Å². The topological polar surface area (TPSA) is 62.2 Å². The minimum absolute atomic E-state index is 0.157. The van der Waals surface area contributed by atoms with E-state index in [-0.39, 0.29) is 18.4 Å². The molecule has 0 saturated carbocycles. The van der Waals surface area contributed by atoms with Gasteiger partial charge in [-0.1, -0.05) is 36.2 Å². The lowest BCUT2D eigenvalue weighted by Gasteiger charge is -2.14. The van der Waals surface area contributed by atoms with Crippen LogP contribution >= 0.6 is 23.2 Å². The van der Waals surface area contributed by atoms with Crippen molar-refractivity contribution in [3.05, 3.63) is 57.8 Å². The fourth-order valence-electron chi connectivity index (χ4n) is 2.04. The molecule has 0 spiro atoms. The van der Waals surface area contributed by atoms with Crippen molar-refractivity contribution in [3.63, 3.8) is 0 Å². The van der Waals surface area contributed by atoms with Crippen LogP contribution in [0.25, 0.3) is 0 Å². The van der Waals surface area contributed by atoms with E-state index >= 15 is 0 Å². The van der Waals surface area contributed by atoms with Crippen LogP contribution in [0.15, 0.2) is 36.7 Å². The van der Waals surface area contributed by atoms with E-state index in [0.29, 0.717) is 27.7 Å². The lowest BCUT2D eigenvalue weighted by atomic mass is 10.00. The van der Waals surface area contributed by atoms with Gasteiger partial charge in [0.1, 0.15) is 0 Å². The zero-order valence-corrected chi connectivity index (χ0v) is 13.5. The standard InChI is InChI=1S/C16H16Cl2N2O2/c1-10(6-11-2-3-13(17)7-14(11)18)16(22)20-15-8-19-5-4-12(15)9-21/h2-5,7-8,10,21H,6,9H2,1H3,(H,20,22). The first-order valence-electron chi connectivity index (χ1n) is 6.79. The Morgan fingerprint density at radius 1 is 1.32 bits per heavy atom. The summed E-state index contributed by atoms with van der Waals surface area (Å²) in [6.07, 6.45) is 3.58. The van der Waals surface area contributed by atoms with Gasteiger partial charge in [0.25, 0.3) is 0 Å². The lowest BCUT2D eigenvalue weighted by Crippen LogP contribution is -2.23. The van der Waals surface area contributed by atoms with E-state index in [1.807, 2.05) is 13.0 Å². The number of nitrogens with zero attached hydrogens (tertiary/aromatic N) is 1. The summed E-state index contributed by atoms with van der Waals surface area (Å²) in [5, 5.41) is 13.1. The summed E-state index contributed by atoms with van der Waals surface area (Å²) in [4.78, 5) is 16.2. The maximum absolute atomic E-state index is 12.3. The summed E-state index contributed by atoms with van der Waals surface area (Å²) in [6.45, 7) is 1.66. The first kappa shape index (κ1) is 16.7. The molecule has 1 amide bonds. The molecule has 116 valence electrons. The minimum atomic E-state index is -0.287. The van der Waals surface area contributed by atoms with Crippen molar-refractivity contribution < 1.29 is 9.90 Å². The highest BCUT2D eigenvalue weighted by Gasteiger charge is 2.16. The molecule has 1 heterocycles. The molecule has 6 heteroatoms. The van der Waals surface area contributed by atoms with Crippen LogP contribution in [-0.2, 0) is 17.8 Å². The second-order valence-electron chi connectivity index (χ2n) is 5.02. The fraction of sp³-hybridized carbons (Fsp3) is 0.250. The Labute approximate surface area is 139 Å². The van der Waals surface area contributed by atoms with Gasteiger partial charge in [0.2, 0.25) is 5.91 Å². The molecule has 1 atom stereocenters. The largest absolute Gasteiger partial charge is 0.392 e. The molecular formula is C16H16Cl2N2O2. The number of aliphatic hydroxyl groups excluding tert-OH is 1. The van der Waals surface area contributed by atoms with E-state index in [1.54, 1.807) is 24.4 Å². The third kappa shape index (κ3) is 4.19. The second kappa shape index (κ2) is 7.58. The summed E-state index contributed by atoms with van der Waals surface area (Å²) in [7, 11) is 0. The van der Waals surface area contributed by atoms with Gasteiger partial charge >= 0.3 is 0 Å². The van der Waals surface area contributed by atoms with Crippen LogP contribution in [0, 0.1) is 5.92 Å². The van der Waals surface area contributed by atoms with E-state index in [0.717, 1.165) is 5.56 Å². The van der Waals surface area contributed by atoms with Gasteiger partial charge in [0.15, 0.2) is 0 Å². The van der Waals surface area contributed by atoms with Gasteiger partial charge in [-0.2, -0.15) is 0 Å². The average molecular weight is 339 g/mol. The summed E-state index contributed by atoms with van der Waals surface area (Å²) in [5.41, 5.74) is 2.01. The molecule has 0 fully saturated rings. The quantitative estimate of drug-likeness (QED) is 0.873. The first-order valence-corrected chi connectivity index (χ1v) is 7.55. The number of carbonyl (C=O) groups excluding carboxylic acids is 1. The van der Waals surface area contributed by atoms with Gasteiger partial charge in [-0.05, 0) is 30.2 Å². The molecule has 0 aliphatic heterocycles. The number of amides is 1. The summed E-state index contributed by atoms with van der Waals surface area (Å²) < 4.78 is 0. The number of nitrogens with one attached hydrogen (secondary N) is 1. The highest BCUT2D eigenvalue weighted by atomic mass is 35.5. The molecule has 0 radical (unpaired) electrons. The number of aromatic nitrogens is 1. The van der Waals surface area contributed by atoms with E-state index in [4.69, 9.17) is 23.2 Å². The minimum Gasteiger partial charge on any atom is -0.392 e. The number of pyridine rings is 1. The van der Waals surface area contributed by atoms with Crippen molar-refractivity contribution in [2.75, 3.05) is 5.32 Å². The SMILES string of the molecule is CC(Cc1ccc(Cl)cc1Cl)C(=O)Nc1cnccc1CO. The lowest BCUT2D eigenvalue weighted by molar-refractivity contribution is -0.119. The molecule has 22 heavy (non-hydrogen) atoms. The third-order valence-corrected chi connectivity index (χ3v) is 3.92. The van der Waals surface area contributed by atoms with Crippen LogP contribution < -0.4 is 5.32 Å². The van der Waals surface area contributed by atoms with Gasteiger partial charge < -0.3 is 10.4 Å². The molecular weight excluding hydrogens is 323 g/mol. The van der Waals surface area contributed by atoms with Crippen LogP contribution in [0.1, 0.15) is 18.1 Å². The fourth-order valence-corrected chi connectivity index (χ4v) is 2.53. The molecule has 4 nitrogen and oxygen atoms in total. The summed E-state index contributed by atoms with van der Waals surface area (Å²) in [5.74, 6) is -0.445. The predicted molar refractivity (Wildman–Crippen MR) is 88.1 cm³/mol. The van der Waals surface area contributed by atoms with Crippen LogP contribution in [-0.4, -0.2) is 16.0 Å². The second-order valence-corrected chi connectivity index (χ2v) is 5.86. The molecule has 0 bridgehead atoms. The summed E-state index contributed by atoms with van der Waals surface area (Å²) in [6, 6.07) is 6.89. The average Bonchev–Trinajstić information content (AvgIpc) is 2.50. The number of hydrogen-bond acceptors (Lipinski definition) is 3. The molecule has 1 aromatic carbocycles. The molecule has 0 aliphatic carbocycles. The monoisotopic (exact) mass is 338 g/mol. The number of benzene rings is 1. The number of hydrogen-bond donors (Lipinski definition) is 2. The zero-order valence-electron chi connectivity index (χ0n) is 12.0. The number of anilines is 1. The molecule has 0 saturated heterocycles. The number of halogens is 2. The maximum atomic E-state index is 12.3. The molecule has 2 N–H and O–H groups in total. The Morgan fingerprint density at radius 2 is 2.09 bits per heavy atom. The molecule has 2 aromatic rings. The summed E-state index contributed by atoms with van der Waals surface area (Å²) >= 11 is 12.0. The Bertz CT molecular complexity index is 677. The Balaban J connectivity index is 2.06. The van der Waals surface area contributed by atoms with Crippen molar-refractivity contribution in [3.8, 4) is 0 Å². The van der Waals surface area contributed by atoms with Crippen molar-refractivity contribution in [2.24, 2.45) is 5.92 Å². The first-order chi connectivity index (χ1) is 10.5. The van der Waals surface area contributed by atoms with E-state index < -0.39 is 0 Å². The van der Waals surface area contributed by atoms with Gasteiger partial charge in [0, 0.05) is 27.7 Å². The number of aliphatic hydroxyl groups is 1. The normalized spacial score (nSPS) is 12.0. The smallest absolute Gasteiger partial charge is 0.227 e. The van der Waals surface area contributed by atoms with Crippen LogP contribution in [0.5, 0.6) is 0 Å². The predicted octanol–water partition coefficient (Wildman–Crippen LogP) is 3.70. The van der Waals surface area contributed by atoms with E-state index in [1.165, 1.54) is 6.20 Å². The Kier molecular flexibility index (Phi) is 5.77. The van der Waals surface area contributed by atoms with Gasteiger partial charge in [-0.25, -0.2) is 0 Å². The molecule has 0 aliphatic rings. The van der Waals surface area contributed by atoms with E-state index in [2.05, 4.69) is 10.3 Å². The van der Waals surface area contributed by atoms with Crippen LogP contribution in [0.4, 0.5) is 5.69 Å². The van der Waals surface area contributed by atoms with Crippen LogP contribution in [0.2, 0.25) is 10.0 Å². The number of carbonyl (C=O) groups is 1. The highest BCUT2D eigenvalue weighted by Crippen LogP contribution is 2.24. The van der Waals surface area contributed by atoms with Crippen molar-refractivity contribution in [2.45, 2.75) is 20.0 Å². The zero-order chi connectivity index (χ0) is 16.1. The Hall–Kier alpha value is -1.62. The van der Waals surface area contributed by atoms with Crippen LogP contribution in [0.3, 0.4) is 0 Å². The van der Waals surface area contributed by atoms with Crippen molar-refractivity contribution in [1.29, 1.82) is 0 Å². The van der Waals surface area contributed by atoms with Gasteiger partial charge in [-0.3, -0.25) is 9.78 Å². The highest BCUT2D eigenvalue weighted by molar-refractivity contribution is 6.35. The molecule has 2 rings (SSSR count). The Morgan fingerprint density at radius 3 is 2.77 bits per heavy atom. The molecule has 1 unspecified atom stereocenters. The number of rotatable bonds is 5. The third-order valence-electron chi connectivity index (χ3n) is 3.33. The van der Waals surface area contributed by atoms with E-state index in [9.17, 15) is 9.90 Å². The van der Waals surface area contributed by atoms with Gasteiger partial charge in [0.05, 0.1) is 18.5 Å². The van der Waals surface area contributed by atoms with Gasteiger partial charge in [-0.15, -0.1) is 0 Å². The molecule has 1 aromatic heterocycles. The maximum Gasteiger partial charge on any atom is 0.227 e.